The third-order valence-corrected chi connectivity index (χ3v) is 3.80. The highest BCUT2D eigenvalue weighted by atomic mass is 16.2. The molecule has 0 aromatic carbocycles. The van der Waals surface area contributed by atoms with Gasteiger partial charge in [-0.05, 0) is 6.07 Å². The highest BCUT2D eigenvalue weighted by Gasteiger charge is 2.24. The minimum atomic E-state index is -0.110. The van der Waals surface area contributed by atoms with Crippen LogP contribution in [-0.4, -0.2) is 46.7 Å². The number of nitrogens with zero attached hydrogens (tertiary/aromatic N) is 7. The Kier molecular flexibility index (Phi) is 3.34. The first-order valence-corrected chi connectivity index (χ1v) is 7.37. The van der Waals surface area contributed by atoms with Crippen molar-refractivity contribution in [3.8, 4) is 0 Å². The molecule has 0 unspecified atom stereocenters. The van der Waals surface area contributed by atoms with Gasteiger partial charge >= 0.3 is 0 Å². The molecule has 0 fully saturated rings. The molecule has 0 N–H and O–H groups in total. The Morgan fingerprint density at radius 1 is 1.22 bits per heavy atom. The van der Waals surface area contributed by atoms with E-state index in [1.165, 1.54) is 12.4 Å². The number of fused-ring (bicyclic) bond motifs is 1. The summed E-state index contributed by atoms with van der Waals surface area (Å²) in [6.45, 7) is 2.48. The number of amides is 1. The maximum Gasteiger partial charge on any atom is 0.274 e. The zero-order valence-corrected chi connectivity index (χ0v) is 12.4. The molecule has 4 heterocycles. The third kappa shape index (κ3) is 2.70. The van der Waals surface area contributed by atoms with E-state index in [-0.39, 0.29) is 5.91 Å². The minimum Gasteiger partial charge on any atom is -0.331 e. The van der Waals surface area contributed by atoms with Crippen molar-refractivity contribution in [2.24, 2.45) is 0 Å². The van der Waals surface area contributed by atoms with E-state index in [2.05, 4.69) is 24.6 Å². The molecule has 0 radical (unpaired) electrons. The molecule has 23 heavy (non-hydrogen) atoms. The Labute approximate surface area is 132 Å². The highest BCUT2D eigenvalue weighted by molar-refractivity contribution is 5.91. The van der Waals surface area contributed by atoms with Gasteiger partial charge in [0.15, 0.2) is 0 Å². The molecule has 4 rings (SSSR count). The zero-order chi connectivity index (χ0) is 15.6. The second-order valence-corrected chi connectivity index (χ2v) is 5.36. The van der Waals surface area contributed by atoms with E-state index in [1.807, 2.05) is 23.1 Å². The van der Waals surface area contributed by atoms with Crippen LogP contribution in [0.1, 0.15) is 22.0 Å². The summed E-state index contributed by atoms with van der Waals surface area (Å²) in [4.78, 5) is 26.8. The van der Waals surface area contributed by atoms with Gasteiger partial charge in [0.2, 0.25) is 0 Å². The van der Waals surface area contributed by atoms with Crippen molar-refractivity contribution in [3.63, 3.8) is 0 Å². The van der Waals surface area contributed by atoms with Gasteiger partial charge in [0.25, 0.3) is 5.91 Å². The molecule has 0 saturated carbocycles. The van der Waals surface area contributed by atoms with E-state index in [0.29, 0.717) is 25.3 Å². The summed E-state index contributed by atoms with van der Waals surface area (Å²) in [6, 6.07) is 1.89. The van der Waals surface area contributed by atoms with Gasteiger partial charge < -0.3 is 9.47 Å². The minimum absolute atomic E-state index is 0.110. The quantitative estimate of drug-likeness (QED) is 0.706. The number of hydrogen-bond acceptors (Lipinski definition) is 5. The lowest BCUT2D eigenvalue weighted by atomic mass is 10.3. The van der Waals surface area contributed by atoms with Crippen molar-refractivity contribution in [2.45, 2.75) is 19.6 Å². The van der Waals surface area contributed by atoms with Crippen LogP contribution in [0.15, 0.2) is 43.2 Å². The lowest BCUT2D eigenvalue weighted by Gasteiger charge is -2.27. The van der Waals surface area contributed by atoms with Crippen molar-refractivity contribution in [2.75, 3.05) is 6.54 Å². The van der Waals surface area contributed by atoms with Gasteiger partial charge in [-0.3, -0.25) is 14.5 Å². The summed E-state index contributed by atoms with van der Waals surface area (Å²) in [5, 5.41) is 4.19. The van der Waals surface area contributed by atoms with Crippen molar-refractivity contribution >= 4 is 5.91 Å². The van der Waals surface area contributed by atoms with Crippen LogP contribution >= 0.6 is 0 Å². The molecule has 0 spiro atoms. The first-order chi connectivity index (χ1) is 11.3. The molecule has 0 atom stereocenters. The first kappa shape index (κ1) is 13.6. The highest BCUT2D eigenvalue weighted by Crippen LogP contribution is 2.15. The molecule has 0 aliphatic carbocycles. The first-order valence-electron chi connectivity index (χ1n) is 7.37. The second-order valence-electron chi connectivity index (χ2n) is 5.36. The zero-order valence-electron chi connectivity index (χ0n) is 12.4. The lowest BCUT2D eigenvalue weighted by Crippen LogP contribution is -2.38. The van der Waals surface area contributed by atoms with Gasteiger partial charge in [0, 0.05) is 44.1 Å². The molecule has 8 nitrogen and oxygen atoms in total. The number of rotatable bonds is 3. The Balaban J connectivity index is 1.51. The van der Waals surface area contributed by atoms with Crippen molar-refractivity contribution in [1.29, 1.82) is 0 Å². The SMILES string of the molecule is O=C(c1cnccn1)N1CCn2cc(Cn3cccn3)nc2C1. The van der Waals surface area contributed by atoms with Crippen LogP contribution in [0.25, 0.3) is 0 Å². The molecule has 3 aromatic heterocycles. The Hall–Kier alpha value is -3.03. The molecule has 3 aromatic rings. The van der Waals surface area contributed by atoms with Crippen molar-refractivity contribution < 1.29 is 4.79 Å². The number of carbonyl (C=O) groups is 1. The monoisotopic (exact) mass is 309 g/mol. The van der Waals surface area contributed by atoms with Crippen LogP contribution in [-0.2, 0) is 19.6 Å². The topological polar surface area (TPSA) is 81.7 Å². The van der Waals surface area contributed by atoms with Crippen LogP contribution in [0.5, 0.6) is 0 Å². The largest absolute Gasteiger partial charge is 0.331 e. The summed E-state index contributed by atoms with van der Waals surface area (Å²) in [5.41, 5.74) is 1.31. The van der Waals surface area contributed by atoms with Gasteiger partial charge in [-0.1, -0.05) is 0 Å². The van der Waals surface area contributed by atoms with Gasteiger partial charge in [-0.15, -0.1) is 0 Å². The fraction of sp³-hybridized carbons (Fsp3) is 0.267. The summed E-state index contributed by atoms with van der Waals surface area (Å²) < 4.78 is 3.93. The Bertz CT molecular complexity index is 810. The van der Waals surface area contributed by atoms with Gasteiger partial charge in [-0.25, -0.2) is 9.97 Å². The average molecular weight is 309 g/mol. The smallest absolute Gasteiger partial charge is 0.274 e. The standard InChI is InChI=1S/C15H15N7O/c23-15(13-8-16-3-4-17-13)21-7-6-20-9-12(19-14(20)11-21)10-22-5-1-2-18-22/h1-5,8-9H,6-7,10-11H2. The van der Waals surface area contributed by atoms with Gasteiger partial charge in [0.05, 0.1) is 25.0 Å². The molecule has 1 amide bonds. The summed E-state index contributed by atoms with van der Waals surface area (Å²) >= 11 is 0. The van der Waals surface area contributed by atoms with Crippen LogP contribution in [0.2, 0.25) is 0 Å². The predicted molar refractivity (Wildman–Crippen MR) is 80.3 cm³/mol. The van der Waals surface area contributed by atoms with E-state index in [1.54, 1.807) is 17.3 Å². The number of aromatic nitrogens is 6. The second kappa shape index (κ2) is 5.64. The predicted octanol–water partition coefficient (Wildman–Crippen LogP) is 0.574. The normalized spacial score (nSPS) is 13.8. The Morgan fingerprint density at radius 2 is 2.17 bits per heavy atom. The molecule has 1 aliphatic rings. The number of carbonyl (C=O) groups excluding carboxylic acids is 1. The fourth-order valence-electron chi connectivity index (χ4n) is 2.69. The van der Waals surface area contributed by atoms with E-state index < -0.39 is 0 Å². The molecule has 1 aliphatic heterocycles. The average Bonchev–Trinajstić information content (AvgIpc) is 3.23. The lowest BCUT2D eigenvalue weighted by molar-refractivity contribution is 0.0701. The van der Waals surface area contributed by atoms with E-state index >= 15 is 0 Å². The van der Waals surface area contributed by atoms with Crippen LogP contribution in [0.4, 0.5) is 0 Å². The molecule has 8 heteroatoms. The molecular formula is C15H15N7O. The fourth-order valence-corrected chi connectivity index (χ4v) is 2.69. The summed E-state index contributed by atoms with van der Waals surface area (Å²) in [5.74, 6) is 0.775. The molecule has 0 saturated heterocycles. The summed E-state index contributed by atoms with van der Waals surface area (Å²) in [7, 11) is 0. The molecule has 116 valence electrons. The maximum atomic E-state index is 12.4. The third-order valence-electron chi connectivity index (χ3n) is 3.80. The number of hydrogen-bond donors (Lipinski definition) is 0. The Morgan fingerprint density at radius 3 is 2.96 bits per heavy atom. The van der Waals surface area contributed by atoms with Crippen LogP contribution < -0.4 is 0 Å². The van der Waals surface area contributed by atoms with E-state index in [9.17, 15) is 4.79 Å². The molecular weight excluding hydrogens is 294 g/mol. The van der Waals surface area contributed by atoms with Crippen molar-refractivity contribution in [1.82, 2.24) is 34.2 Å². The number of imidazole rings is 1. The maximum absolute atomic E-state index is 12.4. The molecule has 0 bridgehead atoms. The van der Waals surface area contributed by atoms with Crippen LogP contribution in [0.3, 0.4) is 0 Å². The van der Waals surface area contributed by atoms with Crippen molar-refractivity contribution in [3.05, 3.63) is 60.5 Å². The van der Waals surface area contributed by atoms with E-state index in [4.69, 9.17) is 0 Å². The summed E-state index contributed by atoms with van der Waals surface area (Å²) in [6.07, 6.45) is 10.3. The van der Waals surface area contributed by atoms with Gasteiger partial charge in [0.1, 0.15) is 11.5 Å². The van der Waals surface area contributed by atoms with Gasteiger partial charge in [-0.2, -0.15) is 5.10 Å². The van der Waals surface area contributed by atoms with E-state index in [0.717, 1.165) is 18.1 Å². The van der Waals surface area contributed by atoms with Crippen LogP contribution in [0, 0.1) is 0 Å².